The maximum Gasteiger partial charge on any atom is 0.263 e. The smallest absolute Gasteiger partial charge is 0.263 e. The van der Waals surface area contributed by atoms with E-state index in [2.05, 4.69) is 25.6 Å². The van der Waals surface area contributed by atoms with Gasteiger partial charge in [0, 0.05) is 15.7 Å². The van der Waals surface area contributed by atoms with Gasteiger partial charge in [0.15, 0.2) is 0 Å². The summed E-state index contributed by atoms with van der Waals surface area (Å²) >= 11 is 9.13. The van der Waals surface area contributed by atoms with E-state index in [0.717, 1.165) is 4.47 Å². The second-order valence-corrected chi connectivity index (χ2v) is 7.32. The van der Waals surface area contributed by atoms with Crippen molar-refractivity contribution in [3.8, 4) is 0 Å². The van der Waals surface area contributed by atoms with Crippen molar-refractivity contribution in [2.24, 2.45) is 0 Å². The molecule has 2 aromatic rings. The van der Waals surface area contributed by atoms with Gasteiger partial charge in [0.2, 0.25) is 0 Å². The molecule has 1 aromatic heterocycles. The van der Waals surface area contributed by atoms with Crippen molar-refractivity contribution in [2.45, 2.75) is 18.4 Å². The molecule has 1 heterocycles. The highest BCUT2D eigenvalue weighted by Gasteiger charge is 2.20. The molecule has 1 aromatic carbocycles. The Morgan fingerprint density at radius 2 is 2.10 bits per heavy atom. The highest BCUT2D eigenvalue weighted by atomic mass is 79.9. The minimum atomic E-state index is -3.84. The van der Waals surface area contributed by atoms with E-state index in [-0.39, 0.29) is 22.3 Å². The Morgan fingerprint density at radius 1 is 1.38 bits per heavy atom. The lowest BCUT2D eigenvalue weighted by atomic mass is 10.1. The maximum atomic E-state index is 12.4. The fraction of sp³-hybridized carbons (Fsp3) is 0.154. The standard InChI is InChI=1S/C13H12BrClN2O3S/c1-8-9(7-18)4-11(15)5-12(8)21(19,20)17-13-3-2-10(14)6-16-13/h2-6,18H,7H2,1H3,(H,16,17). The van der Waals surface area contributed by atoms with Crippen LogP contribution in [-0.2, 0) is 16.6 Å². The van der Waals surface area contributed by atoms with Crippen molar-refractivity contribution < 1.29 is 13.5 Å². The molecule has 0 saturated carbocycles. The third-order valence-electron chi connectivity index (χ3n) is 2.86. The van der Waals surface area contributed by atoms with E-state index >= 15 is 0 Å². The number of hydrogen-bond acceptors (Lipinski definition) is 4. The molecule has 0 fully saturated rings. The summed E-state index contributed by atoms with van der Waals surface area (Å²) in [5.41, 5.74) is 0.915. The highest BCUT2D eigenvalue weighted by Crippen LogP contribution is 2.26. The van der Waals surface area contributed by atoms with Crippen molar-refractivity contribution in [1.29, 1.82) is 0 Å². The molecule has 8 heteroatoms. The van der Waals surface area contributed by atoms with Gasteiger partial charge in [0.1, 0.15) is 5.82 Å². The van der Waals surface area contributed by atoms with Crippen LogP contribution >= 0.6 is 27.5 Å². The maximum absolute atomic E-state index is 12.4. The van der Waals surface area contributed by atoms with Gasteiger partial charge >= 0.3 is 0 Å². The summed E-state index contributed by atoms with van der Waals surface area (Å²) in [6, 6.07) is 6.09. The largest absolute Gasteiger partial charge is 0.392 e. The fourth-order valence-electron chi connectivity index (χ4n) is 1.78. The van der Waals surface area contributed by atoms with Crippen LogP contribution in [0.25, 0.3) is 0 Å². The minimum absolute atomic E-state index is 0.0174. The average molecular weight is 392 g/mol. The molecule has 5 nitrogen and oxygen atoms in total. The Balaban J connectivity index is 2.44. The summed E-state index contributed by atoms with van der Waals surface area (Å²) in [4.78, 5) is 3.98. The zero-order valence-electron chi connectivity index (χ0n) is 11.0. The van der Waals surface area contributed by atoms with Crippen LogP contribution in [0.2, 0.25) is 5.02 Å². The molecule has 0 aliphatic carbocycles. The molecule has 0 aliphatic rings. The number of nitrogens with one attached hydrogen (secondary N) is 1. The van der Waals surface area contributed by atoms with Crippen molar-refractivity contribution in [1.82, 2.24) is 4.98 Å². The zero-order valence-corrected chi connectivity index (χ0v) is 14.1. The molecule has 0 bridgehead atoms. The number of nitrogens with zero attached hydrogens (tertiary/aromatic N) is 1. The van der Waals surface area contributed by atoms with Crippen molar-refractivity contribution in [3.63, 3.8) is 0 Å². The Hall–Kier alpha value is -1.15. The molecule has 0 saturated heterocycles. The molecular weight excluding hydrogens is 380 g/mol. The normalized spacial score (nSPS) is 11.4. The first kappa shape index (κ1) is 16.2. The van der Waals surface area contributed by atoms with E-state index in [9.17, 15) is 13.5 Å². The van der Waals surface area contributed by atoms with Gasteiger partial charge in [-0.05, 0) is 58.2 Å². The first-order valence-corrected chi connectivity index (χ1v) is 8.53. The predicted octanol–water partition coefficient (Wildman–Crippen LogP) is 3.10. The fourth-order valence-corrected chi connectivity index (χ4v) is 3.64. The summed E-state index contributed by atoms with van der Waals surface area (Å²) in [7, 11) is -3.84. The summed E-state index contributed by atoms with van der Waals surface area (Å²) in [5, 5.41) is 9.51. The Morgan fingerprint density at radius 3 is 2.67 bits per heavy atom. The van der Waals surface area contributed by atoms with Crippen LogP contribution in [0.4, 0.5) is 5.82 Å². The molecule has 0 unspecified atom stereocenters. The SMILES string of the molecule is Cc1c(CO)cc(Cl)cc1S(=O)(=O)Nc1ccc(Br)cn1. The van der Waals surface area contributed by atoms with Crippen LogP contribution in [0.5, 0.6) is 0 Å². The average Bonchev–Trinajstić information content (AvgIpc) is 2.43. The van der Waals surface area contributed by atoms with Crippen molar-refractivity contribution in [2.75, 3.05) is 4.72 Å². The molecule has 0 aliphatic heterocycles. The van der Waals surface area contributed by atoms with Crippen LogP contribution in [0, 0.1) is 6.92 Å². The van der Waals surface area contributed by atoms with Gasteiger partial charge in [-0.2, -0.15) is 0 Å². The lowest BCUT2D eigenvalue weighted by Gasteiger charge is -2.13. The number of pyridine rings is 1. The van der Waals surface area contributed by atoms with Crippen LogP contribution < -0.4 is 4.72 Å². The zero-order chi connectivity index (χ0) is 15.6. The van der Waals surface area contributed by atoms with Gasteiger partial charge in [-0.3, -0.25) is 4.72 Å². The third kappa shape index (κ3) is 3.74. The number of aliphatic hydroxyl groups is 1. The Labute approximate surface area is 136 Å². The lowest BCUT2D eigenvalue weighted by Crippen LogP contribution is -2.16. The monoisotopic (exact) mass is 390 g/mol. The highest BCUT2D eigenvalue weighted by molar-refractivity contribution is 9.10. The number of benzene rings is 1. The molecule has 0 radical (unpaired) electrons. The first-order chi connectivity index (χ1) is 9.83. The number of aliphatic hydroxyl groups excluding tert-OH is 1. The number of halogens is 2. The van der Waals surface area contributed by atoms with E-state index in [1.54, 1.807) is 13.0 Å². The first-order valence-electron chi connectivity index (χ1n) is 5.88. The van der Waals surface area contributed by atoms with E-state index < -0.39 is 10.0 Å². The van der Waals surface area contributed by atoms with Gasteiger partial charge in [-0.15, -0.1) is 0 Å². The van der Waals surface area contributed by atoms with E-state index in [4.69, 9.17) is 11.6 Å². The molecule has 21 heavy (non-hydrogen) atoms. The van der Waals surface area contributed by atoms with Gasteiger partial charge < -0.3 is 5.11 Å². The minimum Gasteiger partial charge on any atom is -0.392 e. The molecule has 2 rings (SSSR count). The molecule has 0 spiro atoms. The van der Waals surface area contributed by atoms with Gasteiger partial charge in [-0.1, -0.05) is 11.6 Å². The topological polar surface area (TPSA) is 79.3 Å². The van der Waals surface area contributed by atoms with Gasteiger partial charge in [0.05, 0.1) is 11.5 Å². The number of rotatable bonds is 4. The second kappa shape index (κ2) is 6.31. The van der Waals surface area contributed by atoms with E-state index in [0.29, 0.717) is 11.1 Å². The van der Waals surface area contributed by atoms with Crippen molar-refractivity contribution in [3.05, 3.63) is 51.1 Å². The van der Waals surface area contributed by atoms with Crippen LogP contribution in [0.15, 0.2) is 39.8 Å². The van der Waals surface area contributed by atoms with E-state index in [1.807, 2.05) is 0 Å². The van der Waals surface area contributed by atoms with Crippen LogP contribution in [-0.4, -0.2) is 18.5 Å². The van der Waals surface area contributed by atoms with Crippen LogP contribution in [0.1, 0.15) is 11.1 Å². The predicted molar refractivity (Wildman–Crippen MR) is 84.9 cm³/mol. The lowest BCUT2D eigenvalue weighted by molar-refractivity contribution is 0.280. The molecule has 0 atom stereocenters. The summed E-state index contributed by atoms with van der Waals surface area (Å²) in [6.45, 7) is 1.33. The Kier molecular flexibility index (Phi) is 4.88. The third-order valence-corrected chi connectivity index (χ3v) is 5.03. The van der Waals surface area contributed by atoms with Crippen LogP contribution in [0.3, 0.4) is 0 Å². The summed E-state index contributed by atoms with van der Waals surface area (Å²) in [5.74, 6) is 0.197. The molecule has 2 N–H and O–H groups in total. The summed E-state index contributed by atoms with van der Waals surface area (Å²) in [6.07, 6.45) is 1.49. The summed E-state index contributed by atoms with van der Waals surface area (Å²) < 4.78 is 28.0. The quantitative estimate of drug-likeness (QED) is 0.839. The van der Waals surface area contributed by atoms with E-state index in [1.165, 1.54) is 24.4 Å². The van der Waals surface area contributed by atoms with Gasteiger partial charge in [-0.25, -0.2) is 13.4 Å². The number of aromatic nitrogens is 1. The number of hydrogen-bond donors (Lipinski definition) is 2. The molecule has 0 amide bonds. The second-order valence-electron chi connectivity index (χ2n) is 4.31. The Bertz CT molecular complexity index is 764. The molecular formula is C13H12BrClN2O3S. The molecule has 112 valence electrons. The number of sulfonamides is 1. The number of anilines is 1. The van der Waals surface area contributed by atoms with Gasteiger partial charge in [0.25, 0.3) is 10.0 Å². The van der Waals surface area contributed by atoms with Crippen molar-refractivity contribution >= 4 is 43.4 Å².